The van der Waals surface area contributed by atoms with Gasteiger partial charge in [-0.2, -0.15) is 0 Å². The van der Waals surface area contributed by atoms with E-state index in [1.54, 1.807) is 30.3 Å². The number of hydrogen-bond acceptors (Lipinski definition) is 7. The highest BCUT2D eigenvalue weighted by Crippen LogP contribution is 2.28. The van der Waals surface area contributed by atoms with Crippen molar-refractivity contribution in [2.45, 2.75) is 20.0 Å². The van der Waals surface area contributed by atoms with E-state index < -0.39 is 30.6 Å². The van der Waals surface area contributed by atoms with Crippen molar-refractivity contribution in [3.05, 3.63) is 54.1 Å². The van der Waals surface area contributed by atoms with E-state index in [0.29, 0.717) is 11.3 Å². The van der Waals surface area contributed by atoms with Crippen LogP contribution in [0.2, 0.25) is 0 Å². The summed E-state index contributed by atoms with van der Waals surface area (Å²) in [7, 11) is 1.40. The Kier molecular flexibility index (Phi) is 7.92. The molecule has 1 unspecified atom stereocenters. The predicted molar refractivity (Wildman–Crippen MR) is 108 cm³/mol. The lowest BCUT2D eigenvalue weighted by atomic mass is 10.1. The summed E-state index contributed by atoms with van der Waals surface area (Å²) in [6.45, 7) is 2.24. The summed E-state index contributed by atoms with van der Waals surface area (Å²) in [6.07, 6.45) is -1.22. The zero-order chi connectivity index (χ0) is 22.1. The second kappa shape index (κ2) is 10.6. The number of hydrogen-bond donors (Lipinski definition) is 2. The minimum absolute atomic E-state index is 0.143. The van der Waals surface area contributed by atoms with Crippen molar-refractivity contribution in [2.75, 3.05) is 19.0 Å². The highest BCUT2D eigenvalue weighted by atomic mass is 16.6. The number of nitrogens with one attached hydrogen (secondary N) is 2. The Labute approximate surface area is 173 Å². The van der Waals surface area contributed by atoms with Crippen LogP contribution in [0.3, 0.4) is 0 Å². The van der Waals surface area contributed by atoms with Crippen LogP contribution in [0.25, 0.3) is 0 Å². The fraction of sp³-hybridized carbons (Fsp3) is 0.238. The molecule has 2 N–H and O–H groups in total. The Bertz CT molecular complexity index is 928. The number of ether oxygens (including phenoxy) is 3. The first-order chi connectivity index (χ1) is 14.3. The summed E-state index contributed by atoms with van der Waals surface area (Å²) in [5, 5.41) is 4.56. The summed E-state index contributed by atoms with van der Waals surface area (Å²) < 4.78 is 15.5. The van der Waals surface area contributed by atoms with Crippen LogP contribution in [-0.2, 0) is 14.3 Å². The topological polar surface area (TPSA) is 120 Å². The minimum Gasteiger partial charge on any atom is -0.493 e. The van der Waals surface area contributed by atoms with Crippen LogP contribution >= 0.6 is 0 Å². The fourth-order valence-corrected chi connectivity index (χ4v) is 2.32. The van der Waals surface area contributed by atoms with Crippen molar-refractivity contribution >= 4 is 29.4 Å². The molecule has 0 spiro atoms. The van der Waals surface area contributed by atoms with Gasteiger partial charge in [0.25, 0.3) is 5.91 Å². The lowest BCUT2D eigenvalue weighted by Gasteiger charge is -2.14. The molecule has 1 atom stereocenters. The summed E-state index contributed by atoms with van der Waals surface area (Å²) in [5.41, 5.74) is 0.937. The van der Waals surface area contributed by atoms with Gasteiger partial charge < -0.3 is 19.5 Å². The molecule has 2 rings (SSSR count). The van der Waals surface area contributed by atoms with Crippen molar-refractivity contribution in [1.29, 1.82) is 0 Å². The number of carbonyl (C=O) groups excluding carboxylic acids is 4. The lowest BCUT2D eigenvalue weighted by molar-refractivity contribution is -0.156. The van der Waals surface area contributed by atoms with Gasteiger partial charge >= 0.3 is 12.0 Å². The molecule has 158 valence electrons. The average molecular weight is 414 g/mol. The Morgan fingerprint density at radius 2 is 1.70 bits per heavy atom. The van der Waals surface area contributed by atoms with Crippen LogP contribution in [0, 0.1) is 0 Å². The number of esters is 1. The number of carbonyl (C=O) groups is 4. The van der Waals surface area contributed by atoms with Crippen LogP contribution in [0.4, 0.5) is 10.5 Å². The first-order valence-electron chi connectivity index (χ1n) is 8.98. The zero-order valence-corrected chi connectivity index (χ0v) is 16.8. The summed E-state index contributed by atoms with van der Waals surface area (Å²) in [5.74, 6) is -1.24. The quantitative estimate of drug-likeness (QED) is 0.503. The number of methoxy groups -OCH3 is 1. The standard InChI is InChI=1S/C21H22N2O7/c1-13(24)15-9-10-17(18(11-15)28-3)29-12-19(25)30-14(2)20(26)23-21(27)22-16-7-5-4-6-8-16/h4-11,14H,12H2,1-3H3,(H2,22,23,26,27). The Morgan fingerprint density at radius 1 is 1.00 bits per heavy atom. The van der Waals surface area contributed by atoms with E-state index in [9.17, 15) is 19.2 Å². The van der Waals surface area contributed by atoms with Gasteiger partial charge in [0, 0.05) is 11.3 Å². The molecule has 0 saturated carbocycles. The third-order valence-electron chi connectivity index (χ3n) is 3.86. The number of rotatable bonds is 8. The minimum atomic E-state index is -1.22. The molecule has 0 aromatic heterocycles. The summed E-state index contributed by atoms with van der Waals surface area (Å²) >= 11 is 0. The van der Waals surface area contributed by atoms with Crippen molar-refractivity contribution in [2.24, 2.45) is 0 Å². The molecule has 9 nitrogen and oxygen atoms in total. The maximum atomic E-state index is 12.0. The molecule has 9 heteroatoms. The van der Waals surface area contributed by atoms with Crippen molar-refractivity contribution in [3.8, 4) is 11.5 Å². The summed E-state index contributed by atoms with van der Waals surface area (Å²) in [6, 6.07) is 12.3. The molecule has 0 bridgehead atoms. The number of ketones is 1. The molecule has 2 aromatic rings. The van der Waals surface area contributed by atoms with Crippen molar-refractivity contribution < 1.29 is 33.4 Å². The van der Waals surface area contributed by atoms with E-state index in [4.69, 9.17) is 14.2 Å². The number of benzene rings is 2. The second-order valence-electron chi connectivity index (χ2n) is 6.15. The van der Waals surface area contributed by atoms with Crippen LogP contribution in [0.5, 0.6) is 11.5 Å². The third-order valence-corrected chi connectivity index (χ3v) is 3.86. The van der Waals surface area contributed by atoms with Crippen LogP contribution in [0.1, 0.15) is 24.2 Å². The molecule has 0 aliphatic rings. The molecule has 0 aliphatic heterocycles. The molecule has 0 aliphatic carbocycles. The van der Waals surface area contributed by atoms with Gasteiger partial charge in [-0.3, -0.25) is 14.9 Å². The molecule has 0 saturated heterocycles. The molecule has 0 heterocycles. The average Bonchev–Trinajstić information content (AvgIpc) is 2.72. The van der Waals surface area contributed by atoms with E-state index in [1.807, 2.05) is 0 Å². The van der Waals surface area contributed by atoms with E-state index in [0.717, 1.165) is 0 Å². The molecule has 2 aromatic carbocycles. The fourth-order valence-electron chi connectivity index (χ4n) is 2.32. The zero-order valence-electron chi connectivity index (χ0n) is 16.8. The van der Waals surface area contributed by atoms with Gasteiger partial charge in [0.1, 0.15) is 0 Å². The van der Waals surface area contributed by atoms with Gasteiger partial charge in [-0.1, -0.05) is 18.2 Å². The molecular weight excluding hydrogens is 392 g/mol. The van der Waals surface area contributed by atoms with Gasteiger partial charge in [0.05, 0.1) is 7.11 Å². The van der Waals surface area contributed by atoms with Gasteiger partial charge in [-0.05, 0) is 44.2 Å². The van der Waals surface area contributed by atoms with Crippen LogP contribution in [-0.4, -0.2) is 43.5 Å². The number of Topliss-reactive ketones (excluding diaryl/α,β-unsaturated/α-hetero) is 1. The molecule has 0 radical (unpaired) electrons. The van der Waals surface area contributed by atoms with E-state index in [-0.39, 0.29) is 17.3 Å². The lowest BCUT2D eigenvalue weighted by Crippen LogP contribution is -2.42. The first kappa shape index (κ1) is 22.4. The third kappa shape index (κ3) is 6.62. The smallest absolute Gasteiger partial charge is 0.344 e. The van der Waals surface area contributed by atoms with Gasteiger partial charge in [-0.15, -0.1) is 0 Å². The number of amides is 3. The van der Waals surface area contributed by atoms with Crippen LogP contribution < -0.4 is 20.1 Å². The van der Waals surface area contributed by atoms with E-state index in [2.05, 4.69) is 10.6 Å². The Morgan fingerprint density at radius 3 is 2.33 bits per heavy atom. The molecule has 3 amide bonds. The number of imide groups is 1. The largest absolute Gasteiger partial charge is 0.493 e. The highest BCUT2D eigenvalue weighted by molar-refractivity contribution is 6.02. The Balaban J connectivity index is 1.83. The monoisotopic (exact) mass is 414 g/mol. The van der Waals surface area contributed by atoms with E-state index >= 15 is 0 Å². The number of para-hydroxylation sites is 1. The maximum absolute atomic E-state index is 12.0. The second-order valence-corrected chi connectivity index (χ2v) is 6.15. The van der Waals surface area contributed by atoms with Crippen LogP contribution in [0.15, 0.2) is 48.5 Å². The highest BCUT2D eigenvalue weighted by Gasteiger charge is 2.21. The molecule has 0 fully saturated rings. The maximum Gasteiger partial charge on any atom is 0.344 e. The number of anilines is 1. The summed E-state index contributed by atoms with van der Waals surface area (Å²) in [4.78, 5) is 47.2. The molecular formula is C21H22N2O7. The van der Waals surface area contributed by atoms with Crippen molar-refractivity contribution in [1.82, 2.24) is 5.32 Å². The van der Waals surface area contributed by atoms with Crippen molar-refractivity contribution in [3.63, 3.8) is 0 Å². The number of urea groups is 1. The van der Waals surface area contributed by atoms with Gasteiger partial charge in [-0.25, -0.2) is 9.59 Å². The SMILES string of the molecule is COc1cc(C(C)=O)ccc1OCC(=O)OC(C)C(=O)NC(=O)Nc1ccccc1. The predicted octanol–water partition coefficient (Wildman–Crippen LogP) is 2.56. The van der Waals surface area contributed by atoms with Gasteiger partial charge in [0.15, 0.2) is 30.0 Å². The van der Waals surface area contributed by atoms with Gasteiger partial charge in [0.2, 0.25) is 0 Å². The Hall–Kier alpha value is -3.88. The first-order valence-corrected chi connectivity index (χ1v) is 8.98. The normalized spacial score (nSPS) is 11.0. The van der Waals surface area contributed by atoms with E-state index in [1.165, 1.54) is 39.2 Å². The molecule has 30 heavy (non-hydrogen) atoms.